The van der Waals surface area contributed by atoms with Gasteiger partial charge in [-0.25, -0.2) is 0 Å². The second kappa shape index (κ2) is 10.9. The highest BCUT2D eigenvalue weighted by Gasteiger charge is 2.20. The number of hydrogen-bond acceptors (Lipinski definition) is 3. The molecular weight excluding hydrogens is 273 g/mol. The number of carbonyl (C=O) groups is 1. The molecule has 4 nitrogen and oxygen atoms in total. The van der Waals surface area contributed by atoms with Gasteiger partial charge in [0.05, 0.1) is 6.54 Å². The molecule has 110 valence electrons. The number of amides is 1. The predicted molar refractivity (Wildman–Crippen MR) is 80.9 cm³/mol. The third kappa shape index (κ3) is 9.95. The van der Waals surface area contributed by atoms with E-state index in [1.54, 1.807) is 0 Å². The fourth-order valence-electron chi connectivity index (χ4n) is 1.40. The molecule has 1 aliphatic rings. The van der Waals surface area contributed by atoms with Crippen molar-refractivity contribution in [3.8, 4) is 0 Å². The van der Waals surface area contributed by atoms with Crippen LogP contribution in [0, 0.1) is 5.92 Å². The number of likely N-dealkylation sites (N-methyl/N-ethyl adjacent to an activating group) is 1. The Kier molecular flexibility index (Phi) is 12.2. The van der Waals surface area contributed by atoms with Crippen molar-refractivity contribution in [2.75, 3.05) is 33.2 Å². The lowest BCUT2D eigenvalue weighted by Crippen LogP contribution is -2.40. The van der Waals surface area contributed by atoms with Gasteiger partial charge in [-0.2, -0.15) is 0 Å². The fourth-order valence-corrected chi connectivity index (χ4v) is 1.40. The van der Waals surface area contributed by atoms with Crippen LogP contribution in [0.3, 0.4) is 0 Å². The van der Waals surface area contributed by atoms with Crippen molar-refractivity contribution in [1.82, 2.24) is 15.5 Å². The molecule has 0 aromatic carbocycles. The Morgan fingerprint density at radius 3 is 2.44 bits per heavy atom. The number of rotatable bonds is 8. The Morgan fingerprint density at radius 2 is 1.94 bits per heavy atom. The van der Waals surface area contributed by atoms with Crippen LogP contribution in [0.15, 0.2) is 0 Å². The first-order chi connectivity index (χ1) is 7.59. The Labute approximate surface area is 123 Å². The predicted octanol–water partition coefficient (Wildman–Crippen LogP) is 1.29. The number of carbonyl (C=O) groups excluding carboxylic acids is 1. The summed E-state index contributed by atoms with van der Waals surface area (Å²) in [6.07, 6.45) is 2.65. The summed E-state index contributed by atoms with van der Waals surface area (Å²) < 4.78 is 0. The van der Waals surface area contributed by atoms with E-state index in [0.29, 0.717) is 12.6 Å². The van der Waals surface area contributed by atoms with E-state index in [1.807, 2.05) is 0 Å². The number of halogens is 2. The van der Waals surface area contributed by atoms with E-state index < -0.39 is 0 Å². The maximum absolute atomic E-state index is 11.4. The standard InChI is InChI=1S/C12H25N3O.2ClH/c1-10(2)15(3)7-6-14-12(16)9-13-8-11-4-5-11;;/h10-11,13H,4-9H2,1-3H3,(H,14,16);2*1H. The minimum atomic E-state index is 0. The summed E-state index contributed by atoms with van der Waals surface area (Å²) in [6, 6.07) is 0.532. The summed E-state index contributed by atoms with van der Waals surface area (Å²) in [5.41, 5.74) is 0. The van der Waals surface area contributed by atoms with Gasteiger partial charge in [-0.1, -0.05) is 0 Å². The molecule has 0 unspecified atom stereocenters. The zero-order valence-corrected chi connectivity index (χ0v) is 13.2. The van der Waals surface area contributed by atoms with Crippen molar-refractivity contribution in [3.63, 3.8) is 0 Å². The lowest BCUT2D eigenvalue weighted by Gasteiger charge is -2.20. The number of nitrogens with one attached hydrogen (secondary N) is 2. The van der Waals surface area contributed by atoms with Gasteiger partial charge in [0.1, 0.15) is 0 Å². The first-order valence-corrected chi connectivity index (χ1v) is 6.27. The molecule has 0 aliphatic heterocycles. The first kappa shape index (κ1) is 20.3. The molecule has 0 heterocycles. The molecule has 0 radical (unpaired) electrons. The third-order valence-corrected chi connectivity index (χ3v) is 3.08. The normalized spacial score (nSPS) is 14.1. The van der Waals surface area contributed by atoms with Crippen LogP contribution in [0.1, 0.15) is 26.7 Å². The lowest BCUT2D eigenvalue weighted by molar-refractivity contribution is -0.120. The summed E-state index contributed by atoms with van der Waals surface area (Å²) in [4.78, 5) is 13.6. The highest BCUT2D eigenvalue weighted by molar-refractivity contribution is 5.85. The molecule has 6 heteroatoms. The van der Waals surface area contributed by atoms with Crippen LogP contribution >= 0.6 is 24.8 Å². The van der Waals surface area contributed by atoms with Crippen molar-refractivity contribution in [2.24, 2.45) is 5.92 Å². The molecule has 0 bridgehead atoms. The molecule has 18 heavy (non-hydrogen) atoms. The van der Waals surface area contributed by atoms with Crippen LogP contribution in [0.2, 0.25) is 0 Å². The molecule has 1 amide bonds. The van der Waals surface area contributed by atoms with Gasteiger partial charge in [-0.05, 0) is 46.2 Å². The Balaban J connectivity index is 0. The van der Waals surface area contributed by atoms with E-state index in [4.69, 9.17) is 0 Å². The Hall–Kier alpha value is -0.0300. The molecule has 0 atom stereocenters. The van der Waals surface area contributed by atoms with Gasteiger partial charge in [0.15, 0.2) is 0 Å². The van der Waals surface area contributed by atoms with E-state index in [2.05, 4.69) is 36.4 Å². The molecule has 1 aliphatic carbocycles. The molecule has 0 saturated heterocycles. The van der Waals surface area contributed by atoms with Crippen LogP contribution in [0.5, 0.6) is 0 Å². The van der Waals surface area contributed by atoms with Crippen molar-refractivity contribution in [1.29, 1.82) is 0 Å². The van der Waals surface area contributed by atoms with Crippen LogP contribution in [-0.2, 0) is 4.79 Å². The summed E-state index contributed by atoms with van der Waals surface area (Å²) in [6.45, 7) is 7.41. The van der Waals surface area contributed by atoms with Gasteiger partial charge in [0.25, 0.3) is 0 Å². The van der Waals surface area contributed by atoms with Crippen LogP contribution in [0.25, 0.3) is 0 Å². The van der Waals surface area contributed by atoms with Gasteiger partial charge >= 0.3 is 0 Å². The van der Waals surface area contributed by atoms with E-state index in [1.165, 1.54) is 12.8 Å². The quantitative estimate of drug-likeness (QED) is 0.710. The highest BCUT2D eigenvalue weighted by atomic mass is 35.5. The van der Waals surface area contributed by atoms with E-state index in [9.17, 15) is 4.79 Å². The molecular formula is C12H27Cl2N3O. The average Bonchev–Trinajstić information content (AvgIpc) is 3.01. The molecule has 1 rings (SSSR count). The third-order valence-electron chi connectivity index (χ3n) is 3.08. The van der Waals surface area contributed by atoms with E-state index in [-0.39, 0.29) is 30.7 Å². The smallest absolute Gasteiger partial charge is 0.234 e. The number of nitrogens with zero attached hydrogens (tertiary/aromatic N) is 1. The van der Waals surface area contributed by atoms with E-state index in [0.717, 1.165) is 25.6 Å². The van der Waals surface area contributed by atoms with Crippen LogP contribution in [0.4, 0.5) is 0 Å². The SMILES string of the molecule is CC(C)N(C)CCNC(=O)CNCC1CC1.Cl.Cl. The zero-order chi connectivity index (χ0) is 12.0. The number of hydrogen-bond donors (Lipinski definition) is 2. The minimum absolute atomic E-state index is 0. The second-order valence-electron chi connectivity index (χ2n) is 5.00. The highest BCUT2D eigenvalue weighted by Crippen LogP contribution is 2.27. The van der Waals surface area contributed by atoms with Crippen molar-refractivity contribution in [2.45, 2.75) is 32.7 Å². The maximum atomic E-state index is 11.4. The zero-order valence-electron chi connectivity index (χ0n) is 11.6. The molecule has 1 saturated carbocycles. The fraction of sp³-hybridized carbons (Fsp3) is 0.917. The largest absolute Gasteiger partial charge is 0.354 e. The monoisotopic (exact) mass is 299 g/mol. The van der Waals surface area contributed by atoms with Gasteiger partial charge in [0.2, 0.25) is 5.91 Å². The molecule has 1 fully saturated rings. The summed E-state index contributed by atoms with van der Waals surface area (Å²) >= 11 is 0. The van der Waals surface area contributed by atoms with Crippen molar-refractivity contribution >= 4 is 30.7 Å². The average molecular weight is 300 g/mol. The summed E-state index contributed by atoms with van der Waals surface area (Å²) in [7, 11) is 2.07. The first-order valence-electron chi connectivity index (χ1n) is 6.27. The van der Waals surface area contributed by atoms with Crippen LogP contribution < -0.4 is 10.6 Å². The van der Waals surface area contributed by atoms with Gasteiger partial charge in [-0.15, -0.1) is 24.8 Å². The van der Waals surface area contributed by atoms with E-state index >= 15 is 0 Å². The van der Waals surface area contributed by atoms with Crippen molar-refractivity contribution < 1.29 is 4.79 Å². The van der Waals surface area contributed by atoms with Gasteiger partial charge in [-0.3, -0.25) is 4.79 Å². The lowest BCUT2D eigenvalue weighted by atomic mass is 10.3. The van der Waals surface area contributed by atoms with Crippen LogP contribution in [-0.4, -0.2) is 50.1 Å². The molecule has 0 aromatic heterocycles. The van der Waals surface area contributed by atoms with Gasteiger partial charge < -0.3 is 15.5 Å². The minimum Gasteiger partial charge on any atom is -0.354 e. The topological polar surface area (TPSA) is 44.4 Å². The summed E-state index contributed by atoms with van der Waals surface area (Å²) in [5.74, 6) is 0.942. The summed E-state index contributed by atoms with van der Waals surface area (Å²) in [5, 5.41) is 6.10. The molecule has 0 spiro atoms. The second-order valence-corrected chi connectivity index (χ2v) is 5.00. The van der Waals surface area contributed by atoms with Crippen molar-refractivity contribution in [3.05, 3.63) is 0 Å². The molecule has 0 aromatic rings. The Morgan fingerprint density at radius 1 is 1.33 bits per heavy atom. The van der Waals surface area contributed by atoms with Gasteiger partial charge in [0, 0.05) is 19.1 Å². The molecule has 2 N–H and O–H groups in total. The maximum Gasteiger partial charge on any atom is 0.234 e. The Bertz CT molecular complexity index is 223.